The standard InChI is InChI=1S/C27H35N3O3/c1-19-13-20(2)17-30(16-19)18-22-10-8-21(9-11-22)15-28-26(31)23-5-3-6-24(14-23)29-27(32)25-7-4-12-33-25/h3,5-6,8-11,14,19-20,25H,4,7,12-13,15-18H2,1-2H3,(H,28,31)(H,29,32)/t19-,20-,25+/m1/s1. The van der Waals surface area contributed by atoms with Crippen molar-refractivity contribution in [3.63, 3.8) is 0 Å². The highest BCUT2D eigenvalue weighted by Crippen LogP contribution is 2.22. The van der Waals surface area contributed by atoms with Crippen molar-refractivity contribution < 1.29 is 14.3 Å². The summed E-state index contributed by atoms with van der Waals surface area (Å²) in [6, 6.07) is 15.5. The van der Waals surface area contributed by atoms with Gasteiger partial charge in [-0.2, -0.15) is 0 Å². The van der Waals surface area contributed by atoms with Gasteiger partial charge in [0, 0.05) is 44.0 Å². The van der Waals surface area contributed by atoms with Crippen LogP contribution in [0.15, 0.2) is 48.5 Å². The van der Waals surface area contributed by atoms with Crippen LogP contribution in [0, 0.1) is 11.8 Å². The number of amides is 2. The lowest BCUT2D eigenvalue weighted by molar-refractivity contribution is -0.124. The van der Waals surface area contributed by atoms with Crippen LogP contribution in [0.5, 0.6) is 0 Å². The summed E-state index contributed by atoms with van der Waals surface area (Å²) in [5, 5.41) is 5.83. The zero-order valence-electron chi connectivity index (χ0n) is 19.7. The predicted octanol–water partition coefficient (Wildman–Crippen LogP) is 4.21. The van der Waals surface area contributed by atoms with Gasteiger partial charge in [-0.1, -0.05) is 44.2 Å². The summed E-state index contributed by atoms with van der Waals surface area (Å²) in [6.45, 7) is 9.06. The maximum absolute atomic E-state index is 12.6. The second kappa shape index (κ2) is 10.9. The van der Waals surface area contributed by atoms with E-state index < -0.39 is 6.10 Å². The first-order valence-electron chi connectivity index (χ1n) is 12.1. The largest absolute Gasteiger partial charge is 0.368 e. The fourth-order valence-corrected chi connectivity index (χ4v) is 4.97. The van der Waals surface area contributed by atoms with E-state index in [2.05, 4.69) is 53.6 Å². The maximum Gasteiger partial charge on any atom is 0.253 e. The number of likely N-dealkylation sites (tertiary alicyclic amines) is 1. The van der Waals surface area contributed by atoms with Gasteiger partial charge < -0.3 is 15.4 Å². The van der Waals surface area contributed by atoms with E-state index in [9.17, 15) is 9.59 Å². The van der Waals surface area contributed by atoms with Crippen molar-refractivity contribution in [3.8, 4) is 0 Å². The third-order valence-corrected chi connectivity index (χ3v) is 6.44. The van der Waals surface area contributed by atoms with Gasteiger partial charge in [0.1, 0.15) is 6.10 Å². The molecular weight excluding hydrogens is 414 g/mol. The number of anilines is 1. The molecule has 2 N–H and O–H groups in total. The molecule has 2 aromatic rings. The number of nitrogens with zero attached hydrogens (tertiary/aromatic N) is 1. The van der Waals surface area contributed by atoms with Crippen molar-refractivity contribution >= 4 is 17.5 Å². The average molecular weight is 450 g/mol. The molecule has 2 amide bonds. The lowest BCUT2D eigenvalue weighted by atomic mass is 9.91. The molecule has 0 aromatic heterocycles. The molecule has 0 unspecified atom stereocenters. The lowest BCUT2D eigenvalue weighted by Crippen LogP contribution is -2.38. The molecule has 2 aromatic carbocycles. The molecule has 0 spiro atoms. The highest BCUT2D eigenvalue weighted by atomic mass is 16.5. The van der Waals surface area contributed by atoms with Crippen LogP contribution in [0.1, 0.15) is 54.6 Å². The number of hydrogen-bond acceptors (Lipinski definition) is 4. The van der Waals surface area contributed by atoms with Gasteiger partial charge in [0.2, 0.25) is 0 Å². The fourth-order valence-electron chi connectivity index (χ4n) is 4.97. The number of carbonyl (C=O) groups is 2. The highest BCUT2D eigenvalue weighted by molar-refractivity contribution is 5.98. The van der Waals surface area contributed by atoms with Gasteiger partial charge in [-0.25, -0.2) is 0 Å². The number of benzene rings is 2. The molecule has 2 heterocycles. The molecule has 4 rings (SSSR count). The Bertz CT molecular complexity index is 943. The summed E-state index contributed by atoms with van der Waals surface area (Å²) in [6.07, 6.45) is 2.56. The van der Waals surface area contributed by atoms with Crippen LogP contribution in [0.3, 0.4) is 0 Å². The third-order valence-electron chi connectivity index (χ3n) is 6.44. The van der Waals surface area contributed by atoms with Gasteiger partial charge in [0.05, 0.1) is 0 Å². The topological polar surface area (TPSA) is 70.7 Å². The monoisotopic (exact) mass is 449 g/mol. The molecule has 6 heteroatoms. The number of ether oxygens (including phenoxy) is 1. The van der Waals surface area contributed by atoms with Crippen molar-refractivity contribution in [2.75, 3.05) is 25.0 Å². The van der Waals surface area contributed by atoms with Crippen LogP contribution in [0.25, 0.3) is 0 Å². The van der Waals surface area contributed by atoms with E-state index in [0.717, 1.165) is 49.9 Å². The van der Waals surface area contributed by atoms with E-state index in [1.165, 1.54) is 12.0 Å². The van der Waals surface area contributed by atoms with Gasteiger partial charge in [0.25, 0.3) is 11.8 Å². The van der Waals surface area contributed by atoms with E-state index in [4.69, 9.17) is 4.74 Å². The summed E-state index contributed by atoms with van der Waals surface area (Å²) in [5.74, 6) is 1.19. The van der Waals surface area contributed by atoms with Crippen molar-refractivity contribution in [1.29, 1.82) is 0 Å². The third kappa shape index (κ3) is 6.65. The van der Waals surface area contributed by atoms with Crippen LogP contribution >= 0.6 is 0 Å². The Morgan fingerprint density at radius 3 is 2.45 bits per heavy atom. The van der Waals surface area contributed by atoms with E-state index in [0.29, 0.717) is 24.4 Å². The molecule has 0 radical (unpaired) electrons. The van der Waals surface area contributed by atoms with Crippen LogP contribution in [0.4, 0.5) is 5.69 Å². The molecule has 176 valence electrons. The van der Waals surface area contributed by atoms with Crippen LogP contribution in [-0.2, 0) is 22.6 Å². The van der Waals surface area contributed by atoms with Gasteiger partial charge in [-0.05, 0) is 60.4 Å². The average Bonchev–Trinajstić information content (AvgIpc) is 3.33. The number of nitrogens with one attached hydrogen (secondary N) is 2. The summed E-state index contributed by atoms with van der Waals surface area (Å²) in [7, 11) is 0. The summed E-state index contributed by atoms with van der Waals surface area (Å²) < 4.78 is 5.42. The second-order valence-corrected chi connectivity index (χ2v) is 9.71. The van der Waals surface area contributed by atoms with E-state index in [-0.39, 0.29) is 11.8 Å². The molecule has 2 saturated heterocycles. The van der Waals surface area contributed by atoms with Crippen molar-refractivity contribution in [2.45, 2.75) is 52.3 Å². The summed E-state index contributed by atoms with van der Waals surface area (Å²) in [4.78, 5) is 27.4. The maximum atomic E-state index is 12.6. The Hall–Kier alpha value is -2.70. The van der Waals surface area contributed by atoms with E-state index >= 15 is 0 Å². The first-order valence-corrected chi connectivity index (χ1v) is 12.1. The molecule has 0 aliphatic carbocycles. The Morgan fingerprint density at radius 2 is 1.76 bits per heavy atom. The quantitative estimate of drug-likeness (QED) is 0.664. The fraction of sp³-hybridized carbons (Fsp3) is 0.481. The Labute approximate surface area is 196 Å². The SMILES string of the molecule is C[C@@H]1C[C@@H](C)CN(Cc2ccc(CNC(=O)c3cccc(NC(=O)[C@@H]4CCCO4)c3)cc2)C1. The molecule has 3 atom stereocenters. The number of rotatable bonds is 7. The first kappa shape index (κ1) is 23.5. The lowest BCUT2D eigenvalue weighted by Gasteiger charge is -2.35. The van der Waals surface area contributed by atoms with Gasteiger partial charge in [-0.3, -0.25) is 14.5 Å². The molecule has 2 fully saturated rings. The Balaban J connectivity index is 1.27. The van der Waals surface area contributed by atoms with Gasteiger partial charge in [-0.15, -0.1) is 0 Å². The molecule has 0 bridgehead atoms. The minimum Gasteiger partial charge on any atom is -0.368 e. The smallest absolute Gasteiger partial charge is 0.253 e. The number of piperidine rings is 1. The molecule has 33 heavy (non-hydrogen) atoms. The predicted molar refractivity (Wildman–Crippen MR) is 130 cm³/mol. The van der Waals surface area contributed by atoms with Crippen LogP contribution in [0.2, 0.25) is 0 Å². The summed E-state index contributed by atoms with van der Waals surface area (Å²) >= 11 is 0. The molecular formula is C27H35N3O3. The number of carbonyl (C=O) groups excluding carboxylic acids is 2. The number of hydrogen-bond donors (Lipinski definition) is 2. The highest BCUT2D eigenvalue weighted by Gasteiger charge is 2.24. The zero-order valence-corrected chi connectivity index (χ0v) is 19.7. The normalized spacial score (nSPS) is 23.3. The molecule has 2 aliphatic rings. The van der Waals surface area contributed by atoms with Gasteiger partial charge in [0.15, 0.2) is 0 Å². The van der Waals surface area contributed by atoms with Gasteiger partial charge >= 0.3 is 0 Å². The molecule has 2 aliphatic heterocycles. The zero-order chi connectivity index (χ0) is 23.2. The molecule has 0 saturated carbocycles. The van der Waals surface area contributed by atoms with E-state index in [1.54, 1.807) is 24.3 Å². The minimum atomic E-state index is -0.396. The van der Waals surface area contributed by atoms with Crippen molar-refractivity contribution in [2.24, 2.45) is 11.8 Å². The van der Waals surface area contributed by atoms with Crippen molar-refractivity contribution in [3.05, 3.63) is 65.2 Å². The minimum absolute atomic E-state index is 0.154. The van der Waals surface area contributed by atoms with Crippen LogP contribution in [-0.4, -0.2) is 42.5 Å². The van der Waals surface area contributed by atoms with Crippen LogP contribution < -0.4 is 10.6 Å². The molecule has 6 nitrogen and oxygen atoms in total. The van der Waals surface area contributed by atoms with Crippen molar-refractivity contribution in [1.82, 2.24) is 10.2 Å². The first-order chi connectivity index (χ1) is 16.0. The summed E-state index contributed by atoms with van der Waals surface area (Å²) in [5.41, 5.74) is 3.50. The Morgan fingerprint density at radius 1 is 1.03 bits per heavy atom. The second-order valence-electron chi connectivity index (χ2n) is 9.71. The Kier molecular flexibility index (Phi) is 7.78. The van der Waals surface area contributed by atoms with E-state index in [1.807, 2.05) is 0 Å².